The van der Waals surface area contributed by atoms with Crippen molar-refractivity contribution in [2.75, 3.05) is 6.54 Å². The van der Waals surface area contributed by atoms with Crippen LogP contribution in [-0.4, -0.2) is 21.3 Å². The fourth-order valence-electron chi connectivity index (χ4n) is 1.90. The molecule has 2 aromatic heterocycles. The van der Waals surface area contributed by atoms with E-state index in [-0.39, 0.29) is 0 Å². The SMILES string of the molecule is CCn1cc(-c2csc(CNCC3CC3)n2)cn1. The Balaban J connectivity index is 1.60. The van der Waals surface area contributed by atoms with Crippen molar-refractivity contribution in [2.24, 2.45) is 5.92 Å². The molecule has 2 heterocycles. The summed E-state index contributed by atoms with van der Waals surface area (Å²) in [4.78, 5) is 4.65. The molecule has 4 nitrogen and oxygen atoms in total. The smallest absolute Gasteiger partial charge is 0.107 e. The minimum absolute atomic E-state index is 0.892. The summed E-state index contributed by atoms with van der Waals surface area (Å²) in [6, 6.07) is 0. The van der Waals surface area contributed by atoms with Gasteiger partial charge in [-0.05, 0) is 32.2 Å². The number of nitrogens with zero attached hydrogens (tertiary/aromatic N) is 3. The standard InChI is InChI=1S/C13H18N4S/c1-2-17-8-11(6-15-17)12-9-18-13(16-12)7-14-5-10-3-4-10/h6,8-10,14H,2-5,7H2,1H3. The highest BCUT2D eigenvalue weighted by Crippen LogP contribution is 2.28. The van der Waals surface area contributed by atoms with E-state index in [1.54, 1.807) is 11.3 Å². The van der Waals surface area contributed by atoms with Crippen molar-refractivity contribution in [1.82, 2.24) is 20.1 Å². The van der Waals surface area contributed by atoms with Crippen molar-refractivity contribution in [3.05, 3.63) is 22.8 Å². The van der Waals surface area contributed by atoms with E-state index in [0.29, 0.717) is 0 Å². The van der Waals surface area contributed by atoms with E-state index in [0.717, 1.165) is 41.8 Å². The van der Waals surface area contributed by atoms with Gasteiger partial charge in [0.05, 0.1) is 11.9 Å². The van der Waals surface area contributed by atoms with E-state index in [1.165, 1.54) is 12.8 Å². The zero-order chi connectivity index (χ0) is 12.4. The molecule has 0 atom stereocenters. The zero-order valence-corrected chi connectivity index (χ0v) is 11.4. The number of nitrogens with one attached hydrogen (secondary N) is 1. The molecular formula is C13H18N4S. The fraction of sp³-hybridized carbons (Fsp3) is 0.538. The van der Waals surface area contributed by atoms with E-state index in [4.69, 9.17) is 0 Å². The maximum Gasteiger partial charge on any atom is 0.107 e. The second kappa shape index (κ2) is 5.20. The average molecular weight is 262 g/mol. The summed E-state index contributed by atoms with van der Waals surface area (Å²) >= 11 is 1.72. The van der Waals surface area contributed by atoms with Crippen LogP contribution in [0.5, 0.6) is 0 Å². The monoisotopic (exact) mass is 262 g/mol. The second-order valence-electron chi connectivity index (χ2n) is 4.79. The summed E-state index contributed by atoms with van der Waals surface area (Å²) in [5, 5.41) is 11.0. The van der Waals surface area contributed by atoms with Gasteiger partial charge in [0.1, 0.15) is 5.01 Å². The van der Waals surface area contributed by atoms with Crippen LogP contribution < -0.4 is 5.32 Å². The molecule has 0 spiro atoms. The third kappa shape index (κ3) is 2.79. The van der Waals surface area contributed by atoms with E-state index in [1.807, 2.05) is 10.9 Å². The normalized spacial score (nSPS) is 15.2. The molecule has 1 aliphatic rings. The molecule has 18 heavy (non-hydrogen) atoms. The van der Waals surface area contributed by atoms with Gasteiger partial charge in [-0.25, -0.2) is 4.98 Å². The third-order valence-corrected chi connectivity index (χ3v) is 4.06. The van der Waals surface area contributed by atoms with Gasteiger partial charge < -0.3 is 5.32 Å². The quantitative estimate of drug-likeness (QED) is 0.870. The Morgan fingerprint density at radius 3 is 3.11 bits per heavy atom. The van der Waals surface area contributed by atoms with E-state index in [2.05, 4.69) is 33.9 Å². The largest absolute Gasteiger partial charge is 0.310 e. The van der Waals surface area contributed by atoms with Crippen molar-refractivity contribution >= 4 is 11.3 Å². The molecule has 0 aliphatic heterocycles. The minimum atomic E-state index is 0.892. The van der Waals surface area contributed by atoms with Crippen LogP contribution in [0.2, 0.25) is 0 Å². The first-order valence-corrected chi connectivity index (χ1v) is 7.41. The van der Waals surface area contributed by atoms with Crippen LogP contribution >= 0.6 is 11.3 Å². The number of rotatable bonds is 6. The highest BCUT2D eigenvalue weighted by Gasteiger charge is 2.20. The zero-order valence-electron chi connectivity index (χ0n) is 10.6. The van der Waals surface area contributed by atoms with Crippen molar-refractivity contribution < 1.29 is 0 Å². The molecule has 0 radical (unpaired) electrons. The van der Waals surface area contributed by atoms with Crippen molar-refractivity contribution in [3.63, 3.8) is 0 Å². The average Bonchev–Trinajstić information content (AvgIpc) is 2.92. The van der Waals surface area contributed by atoms with Crippen LogP contribution in [0.4, 0.5) is 0 Å². The molecule has 1 N–H and O–H groups in total. The van der Waals surface area contributed by atoms with Crippen LogP contribution in [0.1, 0.15) is 24.8 Å². The molecule has 2 aromatic rings. The number of hydrogen-bond donors (Lipinski definition) is 1. The highest BCUT2D eigenvalue weighted by atomic mass is 32.1. The lowest BCUT2D eigenvalue weighted by Gasteiger charge is -1.98. The molecule has 0 amide bonds. The number of aromatic nitrogens is 3. The molecule has 96 valence electrons. The van der Waals surface area contributed by atoms with Crippen molar-refractivity contribution in [3.8, 4) is 11.3 Å². The van der Waals surface area contributed by atoms with Gasteiger partial charge in [0.15, 0.2) is 0 Å². The molecule has 1 fully saturated rings. The van der Waals surface area contributed by atoms with Gasteiger partial charge in [-0.2, -0.15) is 5.10 Å². The lowest BCUT2D eigenvalue weighted by molar-refractivity contribution is 0.637. The van der Waals surface area contributed by atoms with Gasteiger partial charge >= 0.3 is 0 Å². The van der Waals surface area contributed by atoms with Gasteiger partial charge in [0, 0.05) is 30.2 Å². The summed E-state index contributed by atoms with van der Waals surface area (Å²) in [6.07, 6.45) is 6.73. The molecule has 5 heteroatoms. The van der Waals surface area contributed by atoms with Crippen LogP contribution in [0.15, 0.2) is 17.8 Å². The Bertz CT molecular complexity index is 513. The predicted octanol–water partition coefficient (Wildman–Crippen LogP) is 2.53. The topological polar surface area (TPSA) is 42.7 Å². The summed E-state index contributed by atoms with van der Waals surface area (Å²) in [7, 11) is 0. The van der Waals surface area contributed by atoms with Crippen LogP contribution in [0.25, 0.3) is 11.3 Å². The Morgan fingerprint density at radius 1 is 1.50 bits per heavy atom. The number of aryl methyl sites for hydroxylation is 1. The minimum Gasteiger partial charge on any atom is -0.310 e. The highest BCUT2D eigenvalue weighted by molar-refractivity contribution is 7.09. The first kappa shape index (κ1) is 11.9. The van der Waals surface area contributed by atoms with E-state index in [9.17, 15) is 0 Å². The molecule has 3 rings (SSSR count). The van der Waals surface area contributed by atoms with Crippen LogP contribution in [0, 0.1) is 5.92 Å². The maximum absolute atomic E-state index is 4.65. The van der Waals surface area contributed by atoms with Gasteiger partial charge in [-0.15, -0.1) is 11.3 Å². The maximum atomic E-state index is 4.65. The van der Waals surface area contributed by atoms with Gasteiger partial charge in [0.25, 0.3) is 0 Å². The lowest BCUT2D eigenvalue weighted by atomic mass is 10.3. The van der Waals surface area contributed by atoms with E-state index < -0.39 is 0 Å². The first-order valence-electron chi connectivity index (χ1n) is 6.53. The van der Waals surface area contributed by atoms with Gasteiger partial charge in [-0.1, -0.05) is 0 Å². The van der Waals surface area contributed by atoms with Crippen LogP contribution in [0.3, 0.4) is 0 Å². The van der Waals surface area contributed by atoms with Gasteiger partial charge in [-0.3, -0.25) is 4.68 Å². The number of thiazole rings is 1. The molecule has 0 unspecified atom stereocenters. The number of hydrogen-bond acceptors (Lipinski definition) is 4. The summed E-state index contributed by atoms with van der Waals surface area (Å²) in [5.41, 5.74) is 2.16. The Hall–Kier alpha value is -1.20. The van der Waals surface area contributed by atoms with Gasteiger partial charge in [0.2, 0.25) is 0 Å². The van der Waals surface area contributed by atoms with E-state index >= 15 is 0 Å². The predicted molar refractivity (Wildman–Crippen MR) is 73.4 cm³/mol. The molecular weight excluding hydrogens is 244 g/mol. The molecule has 0 aromatic carbocycles. The lowest BCUT2D eigenvalue weighted by Crippen LogP contribution is -2.15. The third-order valence-electron chi connectivity index (χ3n) is 3.21. The summed E-state index contributed by atoms with van der Waals surface area (Å²) in [6.45, 7) is 5.02. The Morgan fingerprint density at radius 2 is 2.39 bits per heavy atom. The molecule has 0 saturated heterocycles. The molecule has 0 bridgehead atoms. The summed E-state index contributed by atoms with van der Waals surface area (Å²) in [5.74, 6) is 0.923. The molecule has 1 aliphatic carbocycles. The molecule has 1 saturated carbocycles. The van der Waals surface area contributed by atoms with Crippen molar-refractivity contribution in [2.45, 2.75) is 32.9 Å². The Labute approximate surface area is 111 Å². The second-order valence-corrected chi connectivity index (χ2v) is 5.73. The Kier molecular flexibility index (Phi) is 3.43. The summed E-state index contributed by atoms with van der Waals surface area (Å²) < 4.78 is 1.93. The van der Waals surface area contributed by atoms with Crippen LogP contribution in [-0.2, 0) is 13.1 Å². The first-order chi connectivity index (χ1) is 8.85. The van der Waals surface area contributed by atoms with Crippen molar-refractivity contribution in [1.29, 1.82) is 0 Å². The fourth-order valence-corrected chi connectivity index (χ4v) is 2.67.